The lowest BCUT2D eigenvalue weighted by atomic mass is 10.2. The van der Waals surface area contributed by atoms with Gasteiger partial charge in [0, 0.05) is 10.9 Å². The number of hydrogen-bond acceptors (Lipinski definition) is 4. The highest BCUT2D eigenvalue weighted by Crippen LogP contribution is 2.23. The predicted molar refractivity (Wildman–Crippen MR) is 82.1 cm³/mol. The number of thiazole rings is 1. The van der Waals surface area contributed by atoms with Crippen LogP contribution in [0.15, 0.2) is 46.2 Å². The number of halogens is 1. The summed E-state index contributed by atoms with van der Waals surface area (Å²) in [6, 6.07) is 9.16. The van der Waals surface area contributed by atoms with E-state index in [0.29, 0.717) is 11.5 Å². The Morgan fingerprint density at radius 3 is 2.95 bits per heavy atom. The maximum atomic E-state index is 13.1. The maximum Gasteiger partial charge on any atom is 0.251 e. The SMILES string of the molecule is Cc1nc(-c2ccc(CNC(=O)c3cccc(F)c3)o2)cs1. The van der Waals surface area contributed by atoms with Crippen LogP contribution in [-0.2, 0) is 6.54 Å². The molecular formula is C16H13FN2O2S. The summed E-state index contributed by atoms with van der Waals surface area (Å²) in [6.07, 6.45) is 0. The van der Waals surface area contributed by atoms with Gasteiger partial charge < -0.3 is 9.73 Å². The third kappa shape index (κ3) is 3.23. The summed E-state index contributed by atoms with van der Waals surface area (Å²) < 4.78 is 18.7. The van der Waals surface area contributed by atoms with Crippen molar-refractivity contribution in [3.05, 3.63) is 63.9 Å². The first-order chi connectivity index (χ1) is 10.6. The molecule has 2 aromatic heterocycles. The molecule has 112 valence electrons. The van der Waals surface area contributed by atoms with Crippen molar-refractivity contribution in [3.8, 4) is 11.5 Å². The van der Waals surface area contributed by atoms with Gasteiger partial charge in [0.2, 0.25) is 0 Å². The van der Waals surface area contributed by atoms with Crippen LogP contribution in [0.3, 0.4) is 0 Å². The molecule has 0 atom stereocenters. The summed E-state index contributed by atoms with van der Waals surface area (Å²) in [5.74, 6) is 0.499. The van der Waals surface area contributed by atoms with Crippen LogP contribution in [0.25, 0.3) is 11.5 Å². The zero-order valence-corrected chi connectivity index (χ0v) is 12.6. The number of benzene rings is 1. The highest BCUT2D eigenvalue weighted by atomic mass is 32.1. The molecule has 0 saturated heterocycles. The third-order valence-corrected chi connectivity index (χ3v) is 3.82. The molecule has 0 bridgehead atoms. The van der Waals surface area contributed by atoms with Gasteiger partial charge in [-0.1, -0.05) is 6.07 Å². The van der Waals surface area contributed by atoms with Crippen molar-refractivity contribution in [1.82, 2.24) is 10.3 Å². The number of aryl methyl sites for hydroxylation is 1. The summed E-state index contributed by atoms with van der Waals surface area (Å²) in [5, 5.41) is 5.58. The Labute approximate surface area is 130 Å². The summed E-state index contributed by atoms with van der Waals surface area (Å²) in [7, 11) is 0. The van der Waals surface area contributed by atoms with Gasteiger partial charge in [-0.3, -0.25) is 4.79 Å². The maximum absolute atomic E-state index is 13.1. The topological polar surface area (TPSA) is 55.1 Å². The predicted octanol–water partition coefficient (Wildman–Crippen LogP) is 3.78. The van der Waals surface area contributed by atoms with E-state index in [2.05, 4.69) is 10.3 Å². The van der Waals surface area contributed by atoms with Crippen molar-refractivity contribution in [3.63, 3.8) is 0 Å². The Bertz CT molecular complexity index is 810. The van der Waals surface area contributed by atoms with Crippen molar-refractivity contribution in [2.24, 2.45) is 0 Å². The van der Waals surface area contributed by atoms with Crippen LogP contribution in [0.2, 0.25) is 0 Å². The fourth-order valence-electron chi connectivity index (χ4n) is 1.99. The van der Waals surface area contributed by atoms with Crippen molar-refractivity contribution < 1.29 is 13.6 Å². The fraction of sp³-hybridized carbons (Fsp3) is 0.125. The summed E-state index contributed by atoms with van der Waals surface area (Å²) in [4.78, 5) is 16.3. The lowest BCUT2D eigenvalue weighted by Crippen LogP contribution is -2.22. The highest BCUT2D eigenvalue weighted by Gasteiger charge is 2.10. The Morgan fingerprint density at radius 2 is 2.23 bits per heavy atom. The van der Waals surface area contributed by atoms with E-state index >= 15 is 0 Å². The molecule has 3 aromatic rings. The standard InChI is InChI=1S/C16H13FN2O2S/c1-10-19-14(9-22-10)15-6-5-13(21-15)8-18-16(20)11-3-2-4-12(17)7-11/h2-7,9H,8H2,1H3,(H,18,20). The smallest absolute Gasteiger partial charge is 0.251 e. The second-order valence-electron chi connectivity index (χ2n) is 4.71. The van der Waals surface area contributed by atoms with E-state index in [1.54, 1.807) is 23.5 Å². The van der Waals surface area contributed by atoms with Crippen LogP contribution in [0, 0.1) is 12.7 Å². The van der Waals surface area contributed by atoms with Gasteiger partial charge in [0.1, 0.15) is 17.3 Å². The lowest BCUT2D eigenvalue weighted by molar-refractivity contribution is 0.0947. The van der Waals surface area contributed by atoms with Gasteiger partial charge in [-0.05, 0) is 37.3 Å². The van der Waals surface area contributed by atoms with Gasteiger partial charge in [-0.25, -0.2) is 9.37 Å². The Hall–Kier alpha value is -2.47. The molecule has 22 heavy (non-hydrogen) atoms. The average Bonchev–Trinajstić information content (AvgIpc) is 3.13. The van der Waals surface area contributed by atoms with E-state index in [0.717, 1.165) is 10.7 Å². The first kappa shape index (κ1) is 14.5. The van der Waals surface area contributed by atoms with E-state index in [1.807, 2.05) is 18.4 Å². The molecule has 0 radical (unpaired) electrons. The normalized spacial score (nSPS) is 10.6. The largest absolute Gasteiger partial charge is 0.458 e. The molecule has 2 heterocycles. The molecule has 0 saturated carbocycles. The number of aromatic nitrogens is 1. The van der Waals surface area contributed by atoms with Crippen LogP contribution < -0.4 is 5.32 Å². The second-order valence-corrected chi connectivity index (χ2v) is 5.77. The molecular weight excluding hydrogens is 303 g/mol. The highest BCUT2D eigenvalue weighted by molar-refractivity contribution is 7.09. The van der Waals surface area contributed by atoms with Gasteiger partial charge in [0.05, 0.1) is 11.6 Å². The molecule has 1 amide bonds. The number of rotatable bonds is 4. The van der Waals surface area contributed by atoms with Crippen LogP contribution >= 0.6 is 11.3 Å². The summed E-state index contributed by atoms with van der Waals surface area (Å²) in [5.41, 5.74) is 1.06. The molecule has 0 aliphatic carbocycles. The minimum absolute atomic E-state index is 0.235. The van der Waals surface area contributed by atoms with Crippen LogP contribution in [0.4, 0.5) is 4.39 Å². The van der Waals surface area contributed by atoms with E-state index in [-0.39, 0.29) is 18.0 Å². The molecule has 4 nitrogen and oxygen atoms in total. The van der Waals surface area contributed by atoms with E-state index in [4.69, 9.17) is 4.42 Å². The molecule has 0 unspecified atom stereocenters. The van der Waals surface area contributed by atoms with Gasteiger partial charge in [-0.15, -0.1) is 11.3 Å². The van der Waals surface area contributed by atoms with E-state index in [1.165, 1.54) is 18.2 Å². The summed E-state index contributed by atoms with van der Waals surface area (Å²) >= 11 is 1.55. The number of carbonyl (C=O) groups excluding carboxylic acids is 1. The number of carbonyl (C=O) groups is 1. The second kappa shape index (κ2) is 6.11. The third-order valence-electron chi connectivity index (χ3n) is 3.04. The number of hydrogen-bond donors (Lipinski definition) is 1. The van der Waals surface area contributed by atoms with Crippen LogP contribution in [-0.4, -0.2) is 10.9 Å². The minimum Gasteiger partial charge on any atom is -0.458 e. The number of furan rings is 1. The molecule has 0 aliphatic rings. The molecule has 1 N–H and O–H groups in total. The van der Waals surface area contributed by atoms with Crippen molar-refractivity contribution >= 4 is 17.2 Å². The van der Waals surface area contributed by atoms with Crippen LogP contribution in [0.5, 0.6) is 0 Å². The molecule has 1 aromatic carbocycles. The molecule has 0 aliphatic heterocycles. The fourth-order valence-corrected chi connectivity index (χ4v) is 2.59. The van der Waals surface area contributed by atoms with Gasteiger partial charge >= 0.3 is 0 Å². The first-order valence-electron chi connectivity index (χ1n) is 6.67. The minimum atomic E-state index is -0.438. The quantitative estimate of drug-likeness (QED) is 0.797. The molecule has 6 heteroatoms. The van der Waals surface area contributed by atoms with Gasteiger partial charge in [0.25, 0.3) is 5.91 Å². The lowest BCUT2D eigenvalue weighted by Gasteiger charge is -2.03. The number of nitrogens with zero attached hydrogens (tertiary/aromatic N) is 1. The average molecular weight is 316 g/mol. The monoisotopic (exact) mass is 316 g/mol. The Morgan fingerprint density at radius 1 is 1.36 bits per heavy atom. The van der Waals surface area contributed by atoms with E-state index in [9.17, 15) is 9.18 Å². The molecule has 0 fully saturated rings. The van der Waals surface area contributed by atoms with Crippen molar-refractivity contribution in [2.75, 3.05) is 0 Å². The van der Waals surface area contributed by atoms with Gasteiger partial charge in [-0.2, -0.15) is 0 Å². The summed E-state index contributed by atoms with van der Waals surface area (Å²) in [6.45, 7) is 2.16. The van der Waals surface area contributed by atoms with E-state index < -0.39 is 5.82 Å². The Kier molecular flexibility index (Phi) is 4.02. The first-order valence-corrected chi connectivity index (χ1v) is 7.55. The zero-order chi connectivity index (χ0) is 15.5. The molecule has 0 spiro atoms. The number of nitrogens with one attached hydrogen (secondary N) is 1. The van der Waals surface area contributed by atoms with Gasteiger partial charge in [0.15, 0.2) is 5.76 Å². The Balaban J connectivity index is 1.65. The van der Waals surface area contributed by atoms with Crippen molar-refractivity contribution in [1.29, 1.82) is 0 Å². The molecule has 3 rings (SSSR count). The number of amides is 1. The van der Waals surface area contributed by atoms with Crippen LogP contribution in [0.1, 0.15) is 21.1 Å². The zero-order valence-electron chi connectivity index (χ0n) is 11.8. The van der Waals surface area contributed by atoms with Crippen molar-refractivity contribution in [2.45, 2.75) is 13.5 Å².